The maximum absolute atomic E-state index is 13.1. The van der Waals surface area contributed by atoms with Gasteiger partial charge in [0.2, 0.25) is 11.8 Å². The zero-order chi connectivity index (χ0) is 17.6. The summed E-state index contributed by atoms with van der Waals surface area (Å²) in [6.07, 6.45) is 12.1. The molecule has 0 bridgehead atoms. The van der Waals surface area contributed by atoms with Crippen LogP contribution >= 0.6 is 11.3 Å². The molecule has 25 heavy (non-hydrogen) atoms. The van der Waals surface area contributed by atoms with Crippen molar-refractivity contribution in [2.45, 2.75) is 89.3 Å². The molecule has 1 N–H and O–H groups in total. The number of nitrogens with zero attached hydrogens (tertiary/aromatic N) is 2. The first-order valence-electron chi connectivity index (χ1n) is 9.60. The van der Waals surface area contributed by atoms with E-state index in [1.807, 2.05) is 5.38 Å². The molecule has 2 amide bonds. The molecular formula is C19H29N3O2S. The van der Waals surface area contributed by atoms with E-state index in [0.29, 0.717) is 18.5 Å². The van der Waals surface area contributed by atoms with E-state index in [-0.39, 0.29) is 17.9 Å². The van der Waals surface area contributed by atoms with Gasteiger partial charge in [0, 0.05) is 36.6 Å². The summed E-state index contributed by atoms with van der Waals surface area (Å²) in [7, 11) is 0. The van der Waals surface area contributed by atoms with E-state index in [1.54, 1.807) is 24.5 Å². The molecule has 5 nitrogen and oxygen atoms in total. The Balaban J connectivity index is 1.66. The number of hydrogen-bond donors (Lipinski definition) is 1. The lowest BCUT2D eigenvalue weighted by molar-refractivity contribution is -0.137. The van der Waals surface area contributed by atoms with Crippen LogP contribution in [0.4, 0.5) is 0 Å². The predicted octanol–water partition coefficient (Wildman–Crippen LogP) is 3.29. The highest BCUT2D eigenvalue weighted by Gasteiger charge is 2.34. The van der Waals surface area contributed by atoms with Crippen LogP contribution in [-0.2, 0) is 16.0 Å². The van der Waals surface area contributed by atoms with Crippen molar-refractivity contribution in [3.05, 3.63) is 16.6 Å². The first kappa shape index (κ1) is 18.4. The van der Waals surface area contributed by atoms with Crippen molar-refractivity contribution in [1.82, 2.24) is 15.2 Å². The Morgan fingerprint density at radius 2 is 1.80 bits per heavy atom. The fraction of sp³-hybridized carbons (Fsp3) is 0.737. The molecule has 0 aromatic carbocycles. The summed E-state index contributed by atoms with van der Waals surface area (Å²) >= 11 is 1.56. The molecule has 6 heteroatoms. The third-order valence-electron chi connectivity index (χ3n) is 5.54. The number of hydrogen-bond acceptors (Lipinski definition) is 4. The number of nitrogens with one attached hydrogen (secondary N) is 1. The van der Waals surface area contributed by atoms with Crippen LogP contribution in [0, 0.1) is 0 Å². The van der Waals surface area contributed by atoms with E-state index in [1.165, 1.54) is 19.3 Å². The average molecular weight is 364 g/mol. The number of rotatable bonds is 5. The lowest BCUT2D eigenvalue weighted by atomic mass is 9.86. The molecule has 0 unspecified atom stereocenters. The zero-order valence-electron chi connectivity index (χ0n) is 15.1. The van der Waals surface area contributed by atoms with E-state index in [2.05, 4.69) is 15.2 Å². The van der Waals surface area contributed by atoms with E-state index >= 15 is 0 Å². The lowest BCUT2D eigenvalue weighted by Crippen LogP contribution is -2.51. The van der Waals surface area contributed by atoms with Crippen molar-refractivity contribution in [3.63, 3.8) is 0 Å². The molecule has 3 rings (SSSR count). The Kier molecular flexibility index (Phi) is 6.45. The van der Waals surface area contributed by atoms with Gasteiger partial charge in [0.25, 0.3) is 0 Å². The normalized spacial score (nSPS) is 24.7. The molecule has 2 fully saturated rings. The van der Waals surface area contributed by atoms with Gasteiger partial charge in [0.15, 0.2) is 0 Å². The van der Waals surface area contributed by atoms with Crippen LogP contribution in [0.15, 0.2) is 11.6 Å². The van der Waals surface area contributed by atoms with Crippen LogP contribution in [-0.4, -0.2) is 39.8 Å². The number of aromatic nitrogens is 1. The highest BCUT2D eigenvalue weighted by Crippen LogP contribution is 2.31. The predicted molar refractivity (Wildman–Crippen MR) is 99.4 cm³/mol. The molecule has 2 aliphatic rings. The van der Waals surface area contributed by atoms with Crippen LogP contribution in [0.1, 0.15) is 69.7 Å². The monoisotopic (exact) mass is 363 g/mol. The van der Waals surface area contributed by atoms with Crippen LogP contribution in [0.5, 0.6) is 0 Å². The standard InChI is InChI=1S/C19H29N3O2S/c1-14(23)21-15-7-9-17(10-8-15)22(16-5-3-2-4-6-16)19(24)13-18-20-11-12-25-18/h11-12,15-17H,2-10,13H2,1H3,(H,21,23). The molecule has 2 aliphatic carbocycles. The highest BCUT2D eigenvalue weighted by atomic mass is 32.1. The van der Waals surface area contributed by atoms with Gasteiger partial charge >= 0.3 is 0 Å². The largest absolute Gasteiger partial charge is 0.354 e. The molecular weight excluding hydrogens is 334 g/mol. The smallest absolute Gasteiger partial charge is 0.229 e. The fourth-order valence-corrected chi connectivity index (χ4v) is 5.02. The Bertz CT molecular complexity index is 561. The van der Waals surface area contributed by atoms with E-state index in [0.717, 1.165) is 43.5 Å². The molecule has 2 saturated carbocycles. The molecule has 0 spiro atoms. The van der Waals surface area contributed by atoms with Gasteiger partial charge < -0.3 is 10.2 Å². The summed E-state index contributed by atoms with van der Waals surface area (Å²) in [6, 6.07) is 0.986. The molecule has 1 aromatic rings. The number of amides is 2. The average Bonchev–Trinajstić information content (AvgIpc) is 3.10. The molecule has 138 valence electrons. The van der Waals surface area contributed by atoms with Crippen molar-refractivity contribution in [2.75, 3.05) is 0 Å². The minimum absolute atomic E-state index is 0.0485. The maximum Gasteiger partial charge on any atom is 0.229 e. The number of carbonyl (C=O) groups is 2. The number of thiazole rings is 1. The van der Waals surface area contributed by atoms with Crippen LogP contribution in [0.3, 0.4) is 0 Å². The summed E-state index contributed by atoms with van der Waals surface area (Å²) in [5, 5.41) is 5.89. The van der Waals surface area contributed by atoms with Gasteiger partial charge in [0.1, 0.15) is 5.01 Å². The summed E-state index contributed by atoms with van der Waals surface area (Å²) in [6.45, 7) is 1.58. The second-order valence-corrected chi connectivity index (χ2v) is 8.38. The summed E-state index contributed by atoms with van der Waals surface area (Å²) in [5.74, 6) is 0.289. The molecule has 0 aliphatic heterocycles. The topological polar surface area (TPSA) is 62.3 Å². The Hall–Kier alpha value is -1.43. The van der Waals surface area contributed by atoms with E-state index in [9.17, 15) is 9.59 Å². The van der Waals surface area contributed by atoms with Gasteiger partial charge in [-0.1, -0.05) is 19.3 Å². The molecule has 1 heterocycles. The maximum atomic E-state index is 13.1. The Morgan fingerprint density at radius 3 is 2.40 bits per heavy atom. The first-order chi connectivity index (χ1) is 12.1. The van der Waals surface area contributed by atoms with Crippen molar-refractivity contribution >= 4 is 23.2 Å². The Labute approximate surface area is 154 Å². The molecule has 0 saturated heterocycles. The lowest BCUT2D eigenvalue weighted by Gasteiger charge is -2.43. The van der Waals surface area contributed by atoms with Crippen LogP contribution in [0.25, 0.3) is 0 Å². The van der Waals surface area contributed by atoms with Gasteiger partial charge in [-0.3, -0.25) is 9.59 Å². The molecule has 0 radical (unpaired) electrons. The third kappa shape index (κ3) is 5.03. The summed E-state index contributed by atoms with van der Waals surface area (Å²) in [5.41, 5.74) is 0. The van der Waals surface area contributed by atoms with E-state index in [4.69, 9.17) is 0 Å². The van der Waals surface area contributed by atoms with Gasteiger partial charge in [-0.25, -0.2) is 4.98 Å². The third-order valence-corrected chi connectivity index (χ3v) is 6.32. The van der Waals surface area contributed by atoms with Gasteiger partial charge in [-0.05, 0) is 38.5 Å². The minimum atomic E-state index is 0.0485. The van der Waals surface area contributed by atoms with Crippen molar-refractivity contribution in [3.8, 4) is 0 Å². The highest BCUT2D eigenvalue weighted by molar-refractivity contribution is 7.09. The quantitative estimate of drug-likeness (QED) is 0.873. The zero-order valence-corrected chi connectivity index (χ0v) is 15.9. The SMILES string of the molecule is CC(=O)NC1CCC(N(C(=O)Cc2nccs2)C2CCCCC2)CC1. The van der Waals surface area contributed by atoms with Crippen molar-refractivity contribution in [1.29, 1.82) is 0 Å². The van der Waals surface area contributed by atoms with Crippen LogP contribution < -0.4 is 5.32 Å². The minimum Gasteiger partial charge on any atom is -0.354 e. The van der Waals surface area contributed by atoms with E-state index < -0.39 is 0 Å². The summed E-state index contributed by atoms with van der Waals surface area (Å²) < 4.78 is 0. The fourth-order valence-electron chi connectivity index (χ4n) is 4.41. The molecule has 0 atom stereocenters. The summed E-state index contributed by atoms with van der Waals surface area (Å²) in [4.78, 5) is 30.9. The van der Waals surface area contributed by atoms with Gasteiger partial charge in [-0.2, -0.15) is 0 Å². The van der Waals surface area contributed by atoms with Crippen LogP contribution in [0.2, 0.25) is 0 Å². The van der Waals surface area contributed by atoms with Gasteiger partial charge in [0.05, 0.1) is 6.42 Å². The first-order valence-corrected chi connectivity index (χ1v) is 10.5. The van der Waals surface area contributed by atoms with Crippen molar-refractivity contribution < 1.29 is 9.59 Å². The molecule has 1 aromatic heterocycles. The number of carbonyl (C=O) groups excluding carboxylic acids is 2. The van der Waals surface area contributed by atoms with Crippen molar-refractivity contribution in [2.24, 2.45) is 0 Å². The van der Waals surface area contributed by atoms with Gasteiger partial charge in [-0.15, -0.1) is 11.3 Å². The second-order valence-electron chi connectivity index (χ2n) is 7.40. The Morgan fingerprint density at radius 1 is 1.12 bits per heavy atom. The second kappa shape index (κ2) is 8.79.